The molecular formula is C14H17N3O2S. The van der Waals surface area contributed by atoms with Gasteiger partial charge in [-0.2, -0.15) is 9.36 Å². The summed E-state index contributed by atoms with van der Waals surface area (Å²) in [5.74, 6) is -0.223. The van der Waals surface area contributed by atoms with Crippen LogP contribution in [-0.4, -0.2) is 26.5 Å². The Kier molecular flexibility index (Phi) is 4.68. The van der Waals surface area contributed by atoms with E-state index in [-0.39, 0.29) is 5.92 Å². The second kappa shape index (κ2) is 6.47. The van der Waals surface area contributed by atoms with Gasteiger partial charge in [-0.1, -0.05) is 50.6 Å². The van der Waals surface area contributed by atoms with Crippen molar-refractivity contribution in [3.63, 3.8) is 0 Å². The van der Waals surface area contributed by atoms with Crippen molar-refractivity contribution in [2.45, 2.75) is 26.3 Å². The lowest BCUT2D eigenvalue weighted by Crippen LogP contribution is -2.35. The van der Waals surface area contributed by atoms with Crippen LogP contribution in [0.4, 0.5) is 5.13 Å². The number of aromatic nitrogens is 2. The Morgan fingerprint density at radius 2 is 2.10 bits per heavy atom. The summed E-state index contributed by atoms with van der Waals surface area (Å²) < 4.78 is 4.26. The summed E-state index contributed by atoms with van der Waals surface area (Å²) in [5, 5.41) is 12.8. The number of hydrogen-bond donors (Lipinski definition) is 2. The molecule has 0 bridgehead atoms. The van der Waals surface area contributed by atoms with Crippen LogP contribution in [0, 0.1) is 5.92 Å². The number of aliphatic carboxylic acids is 1. The Bertz CT molecular complexity index is 571. The van der Waals surface area contributed by atoms with Gasteiger partial charge < -0.3 is 10.4 Å². The molecule has 0 saturated heterocycles. The molecule has 0 amide bonds. The summed E-state index contributed by atoms with van der Waals surface area (Å²) in [6, 6.07) is 8.98. The van der Waals surface area contributed by atoms with E-state index < -0.39 is 12.0 Å². The van der Waals surface area contributed by atoms with Gasteiger partial charge in [0.15, 0.2) is 5.82 Å². The van der Waals surface area contributed by atoms with Crippen molar-refractivity contribution in [1.29, 1.82) is 0 Å². The first kappa shape index (κ1) is 14.5. The van der Waals surface area contributed by atoms with E-state index in [0.717, 1.165) is 12.0 Å². The average Bonchev–Trinajstić information content (AvgIpc) is 2.93. The first-order chi connectivity index (χ1) is 9.61. The number of carbonyl (C=O) groups is 1. The smallest absolute Gasteiger partial charge is 0.326 e. The third-order valence-electron chi connectivity index (χ3n) is 3.22. The summed E-state index contributed by atoms with van der Waals surface area (Å²) in [6.45, 7) is 3.88. The highest BCUT2D eigenvalue weighted by Crippen LogP contribution is 2.22. The van der Waals surface area contributed by atoms with Gasteiger partial charge in [-0.05, 0) is 5.92 Å². The first-order valence-corrected chi connectivity index (χ1v) is 7.27. The molecular weight excluding hydrogens is 274 g/mol. The van der Waals surface area contributed by atoms with Crippen molar-refractivity contribution in [2.24, 2.45) is 5.92 Å². The van der Waals surface area contributed by atoms with Gasteiger partial charge in [0.05, 0.1) is 0 Å². The van der Waals surface area contributed by atoms with Gasteiger partial charge in [0.1, 0.15) is 6.04 Å². The average molecular weight is 291 g/mol. The standard InChI is InChI=1S/C14H17N3O2S/c1-3-9(2)11(13(18)19)15-14-16-12(17-20-14)10-7-5-4-6-8-10/h4-9,11H,3H2,1-2H3,(H,18,19)(H,15,16,17)/t9-,11-/m0/s1. The fourth-order valence-corrected chi connectivity index (χ4v) is 2.43. The largest absolute Gasteiger partial charge is 0.480 e. The predicted octanol–water partition coefficient (Wildman–Crippen LogP) is 3.12. The maximum atomic E-state index is 11.3. The summed E-state index contributed by atoms with van der Waals surface area (Å²) in [4.78, 5) is 15.6. The van der Waals surface area contributed by atoms with Crippen molar-refractivity contribution in [3.05, 3.63) is 30.3 Å². The molecule has 2 aromatic rings. The van der Waals surface area contributed by atoms with E-state index in [0.29, 0.717) is 11.0 Å². The third kappa shape index (κ3) is 3.33. The Balaban J connectivity index is 2.15. The minimum atomic E-state index is -0.865. The highest BCUT2D eigenvalue weighted by Gasteiger charge is 2.24. The van der Waals surface area contributed by atoms with Gasteiger partial charge in [0, 0.05) is 17.1 Å². The number of nitrogens with one attached hydrogen (secondary N) is 1. The van der Waals surface area contributed by atoms with Crippen LogP contribution in [0.5, 0.6) is 0 Å². The Labute approximate surface area is 121 Å². The second-order valence-electron chi connectivity index (χ2n) is 4.63. The van der Waals surface area contributed by atoms with Crippen LogP contribution < -0.4 is 5.32 Å². The van der Waals surface area contributed by atoms with Crippen LogP contribution in [0.1, 0.15) is 20.3 Å². The molecule has 1 aromatic carbocycles. The Morgan fingerprint density at radius 1 is 1.40 bits per heavy atom. The molecule has 20 heavy (non-hydrogen) atoms. The molecule has 0 radical (unpaired) electrons. The van der Waals surface area contributed by atoms with Gasteiger partial charge >= 0.3 is 5.97 Å². The third-order valence-corrected chi connectivity index (χ3v) is 3.86. The van der Waals surface area contributed by atoms with Gasteiger partial charge in [0.2, 0.25) is 5.13 Å². The summed E-state index contributed by atoms with van der Waals surface area (Å²) in [5.41, 5.74) is 0.923. The van der Waals surface area contributed by atoms with Crippen LogP contribution in [0.25, 0.3) is 11.4 Å². The summed E-state index contributed by atoms with van der Waals surface area (Å²) in [6.07, 6.45) is 0.786. The van der Waals surface area contributed by atoms with Crippen molar-refractivity contribution in [1.82, 2.24) is 9.36 Å². The minimum Gasteiger partial charge on any atom is -0.480 e. The van der Waals surface area contributed by atoms with Gasteiger partial charge in [0.25, 0.3) is 0 Å². The predicted molar refractivity (Wildman–Crippen MR) is 79.8 cm³/mol. The van der Waals surface area contributed by atoms with Gasteiger partial charge in [-0.25, -0.2) is 4.79 Å². The quantitative estimate of drug-likeness (QED) is 0.855. The van der Waals surface area contributed by atoms with E-state index in [4.69, 9.17) is 0 Å². The highest BCUT2D eigenvalue weighted by molar-refractivity contribution is 7.09. The zero-order chi connectivity index (χ0) is 14.5. The molecule has 2 N–H and O–H groups in total. The van der Waals surface area contributed by atoms with Crippen molar-refractivity contribution in [3.8, 4) is 11.4 Å². The Morgan fingerprint density at radius 3 is 2.70 bits per heavy atom. The number of carboxylic acid groups (broad SMARTS) is 1. The molecule has 106 valence electrons. The fraction of sp³-hybridized carbons (Fsp3) is 0.357. The normalized spacial score (nSPS) is 13.7. The number of benzene rings is 1. The van der Waals surface area contributed by atoms with E-state index in [1.807, 2.05) is 44.2 Å². The van der Waals surface area contributed by atoms with Crippen molar-refractivity contribution < 1.29 is 9.90 Å². The molecule has 0 fully saturated rings. The van der Waals surface area contributed by atoms with Crippen LogP contribution in [-0.2, 0) is 4.79 Å². The van der Waals surface area contributed by atoms with Crippen LogP contribution in [0.2, 0.25) is 0 Å². The fourth-order valence-electron chi connectivity index (χ4n) is 1.80. The number of nitrogens with zero attached hydrogens (tertiary/aromatic N) is 2. The van der Waals surface area contributed by atoms with Gasteiger partial charge in [-0.3, -0.25) is 0 Å². The molecule has 2 atom stereocenters. The van der Waals surface area contributed by atoms with Crippen molar-refractivity contribution >= 4 is 22.6 Å². The van der Waals surface area contributed by atoms with Crippen LogP contribution in [0.15, 0.2) is 30.3 Å². The molecule has 0 aliphatic heterocycles. The van der Waals surface area contributed by atoms with E-state index in [1.165, 1.54) is 11.5 Å². The SMILES string of the molecule is CC[C@H](C)[C@H](Nc1nc(-c2ccccc2)ns1)C(=O)O. The molecule has 0 aliphatic rings. The second-order valence-corrected chi connectivity index (χ2v) is 5.39. The molecule has 6 heteroatoms. The molecule has 0 aliphatic carbocycles. The van der Waals surface area contributed by atoms with E-state index in [1.54, 1.807) is 0 Å². The van der Waals surface area contributed by atoms with Gasteiger partial charge in [-0.15, -0.1) is 0 Å². The first-order valence-electron chi connectivity index (χ1n) is 6.50. The Hall–Kier alpha value is -1.95. The van der Waals surface area contributed by atoms with E-state index in [2.05, 4.69) is 14.7 Å². The molecule has 2 rings (SSSR count). The minimum absolute atomic E-state index is 0.0246. The number of anilines is 1. The number of carboxylic acids is 1. The monoisotopic (exact) mass is 291 g/mol. The zero-order valence-corrected chi connectivity index (χ0v) is 12.2. The topological polar surface area (TPSA) is 75.1 Å². The van der Waals surface area contributed by atoms with Crippen LogP contribution in [0.3, 0.4) is 0 Å². The molecule has 1 aromatic heterocycles. The lowest BCUT2D eigenvalue weighted by molar-refractivity contribution is -0.139. The molecule has 5 nitrogen and oxygen atoms in total. The lowest BCUT2D eigenvalue weighted by Gasteiger charge is -2.19. The molecule has 0 saturated carbocycles. The zero-order valence-electron chi connectivity index (χ0n) is 11.4. The number of rotatable bonds is 6. The van der Waals surface area contributed by atoms with E-state index >= 15 is 0 Å². The maximum Gasteiger partial charge on any atom is 0.326 e. The number of hydrogen-bond acceptors (Lipinski definition) is 5. The van der Waals surface area contributed by atoms with Crippen LogP contribution >= 0.6 is 11.5 Å². The molecule has 1 heterocycles. The molecule has 0 unspecified atom stereocenters. The van der Waals surface area contributed by atoms with E-state index in [9.17, 15) is 9.90 Å². The van der Waals surface area contributed by atoms with Crippen molar-refractivity contribution in [2.75, 3.05) is 5.32 Å². The maximum absolute atomic E-state index is 11.3. The lowest BCUT2D eigenvalue weighted by atomic mass is 10.00. The molecule has 0 spiro atoms. The highest BCUT2D eigenvalue weighted by atomic mass is 32.1. The summed E-state index contributed by atoms with van der Waals surface area (Å²) in [7, 11) is 0. The summed E-state index contributed by atoms with van der Waals surface area (Å²) >= 11 is 1.18.